The molecule has 1 aliphatic rings. The minimum Gasteiger partial charge on any atom is -0.481 e. The van der Waals surface area contributed by atoms with Crippen molar-refractivity contribution >= 4 is 40.2 Å². The van der Waals surface area contributed by atoms with Crippen LogP contribution < -0.4 is 5.32 Å². The molecule has 1 aromatic carbocycles. The predicted molar refractivity (Wildman–Crippen MR) is 124 cm³/mol. The molecule has 1 fully saturated rings. The molecule has 1 saturated carbocycles. The van der Waals surface area contributed by atoms with Crippen molar-refractivity contribution in [1.29, 1.82) is 0 Å². The molecule has 31 heavy (non-hydrogen) atoms. The number of carboxylic acids is 1. The van der Waals surface area contributed by atoms with Gasteiger partial charge in [0.25, 0.3) is 0 Å². The van der Waals surface area contributed by atoms with E-state index >= 15 is 0 Å². The molecule has 0 aliphatic heterocycles. The first-order valence-electron chi connectivity index (χ1n) is 10.5. The van der Waals surface area contributed by atoms with Crippen LogP contribution in [0.15, 0.2) is 40.7 Å². The number of ether oxygens (including phenoxy) is 1. The molecule has 1 heterocycles. The Morgan fingerprint density at radius 3 is 2.71 bits per heavy atom. The van der Waals surface area contributed by atoms with Gasteiger partial charge < -0.3 is 14.7 Å². The van der Waals surface area contributed by atoms with Crippen LogP contribution in [0, 0.1) is 5.92 Å². The number of nitrogens with one attached hydrogen (secondary N) is 1. The highest BCUT2D eigenvalue weighted by Crippen LogP contribution is 2.30. The highest BCUT2D eigenvalue weighted by molar-refractivity contribution is 8.01. The van der Waals surface area contributed by atoms with Crippen molar-refractivity contribution in [2.75, 3.05) is 24.2 Å². The number of benzene rings is 1. The highest BCUT2D eigenvalue weighted by Gasteiger charge is 2.28. The number of thiazole rings is 1. The highest BCUT2D eigenvalue weighted by atomic mass is 32.2. The van der Waals surface area contributed by atoms with Crippen LogP contribution in [-0.2, 0) is 16.1 Å². The van der Waals surface area contributed by atoms with Gasteiger partial charge in [0, 0.05) is 12.6 Å². The largest absolute Gasteiger partial charge is 0.481 e. The molecule has 2 aromatic rings. The number of amides is 2. The minimum atomic E-state index is -0.878. The second-order valence-electron chi connectivity index (χ2n) is 7.74. The van der Waals surface area contributed by atoms with Crippen molar-refractivity contribution in [2.24, 2.45) is 5.92 Å². The first kappa shape index (κ1) is 23.6. The molecule has 0 spiro atoms. The van der Waals surface area contributed by atoms with Gasteiger partial charge in [-0.2, -0.15) is 0 Å². The van der Waals surface area contributed by atoms with Crippen molar-refractivity contribution in [3.05, 3.63) is 42.1 Å². The maximum atomic E-state index is 13.1. The van der Waals surface area contributed by atoms with Gasteiger partial charge in [-0.25, -0.2) is 9.78 Å². The summed E-state index contributed by atoms with van der Waals surface area (Å²) in [4.78, 5) is 29.9. The topological polar surface area (TPSA) is 91.8 Å². The number of aromatic nitrogens is 1. The molecule has 168 valence electrons. The summed E-state index contributed by atoms with van der Waals surface area (Å²) in [7, 11) is 0. The molecule has 9 heteroatoms. The van der Waals surface area contributed by atoms with Crippen LogP contribution in [0.3, 0.4) is 0 Å². The lowest BCUT2D eigenvalue weighted by Gasteiger charge is -2.36. The molecular formula is C22H29N3O4S2. The summed E-state index contributed by atoms with van der Waals surface area (Å²) in [5, 5.41) is 12.2. The predicted octanol–water partition coefficient (Wildman–Crippen LogP) is 4.95. The second-order valence-corrected chi connectivity index (χ2v) is 10.0. The van der Waals surface area contributed by atoms with E-state index in [9.17, 15) is 9.59 Å². The smallest absolute Gasteiger partial charge is 0.323 e. The Kier molecular flexibility index (Phi) is 9.17. The summed E-state index contributed by atoms with van der Waals surface area (Å²) in [6, 6.07) is 10.0. The van der Waals surface area contributed by atoms with Crippen LogP contribution in [0.25, 0.3) is 0 Å². The number of thioether (sulfide) groups is 1. The number of carbonyl (C=O) groups excluding carboxylic acids is 1. The Morgan fingerprint density at radius 2 is 2.00 bits per heavy atom. The number of anilines is 1. The lowest BCUT2D eigenvalue weighted by atomic mass is 9.86. The van der Waals surface area contributed by atoms with Gasteiger partial charge >= 0.3 is 12.0 Å². The summed E-state index contributed by atoms with van der Waals surface area (Å²) in [6.07, 6.45) is 5.82. The van der Waals surface area contributed by atoms with Crippen molar-refractivity contribution < 1.29 is 19.4 Å². The molecule has 1 aromatic heterocycles. The summed E-state index contributed by atoms with van der Waals surface area (Å²) in [5.74, 6) is -0.207. The molecular weight excluding hydrogens is 434 g/mol. The van der Waals surface area contributed by atoms with Gasteiger partial charge in [0.2, 0.25) is 0 Å². The van der Waals surface area contributed by atoms with E-state index in [1.807, 2.05) is 35.2 Å². The van der Waals surface area contributed by atoms with E-state index in [1.54, 1.807) is 6.20 Å². The molecule has 0 radical (unpaired) electrons. The Labute approximate surface area is 191 Å². The van der Waals surface area contributed by atoms with Crippen LogP contribution >= 0.6 is 23.1 Å². The molecule has 3 rings (SSSR count). The number of nitrogens with zero attached hydrogens (tertiary/aromatic N) is 2. The number of carboxylic acid groups (broad SMARTS) is 1. The van der Waals surface area contributed by atoms with Crippen molar-refractivity contribution in [3.8, 4) is 0 Å². The molecule has 7 nitrogen and oxygen atoms in total. The number of rotatable bonds is 10. The van der Waals surface area contributed by atoms with E-state index in [1.165, 1.54) is 23.1 Å². The number of urea groups is 1. The number of carbonyl (C=O) groups is 2. The van der Waals surface area contributed by atoms with Gasteiger partial charge in [-0.3, -0.25) is 10.1 Å². The summed E-state index contributed by atoms with van der Waals surface area (Å²) < 4.78 is 6.59. The molecule has 1 aliphatic carbocycles. The zero-order valence-electron chi connectivity index (χ0n) is 17.7. The van der Waals surface area contributed by atoms with Crippen molar-refractivity contribution in [3.63, 3.8) is 0 Å². The lowest BCUT2D eigenvalue weighted by molar-refractivity contribution is -0.133. The maximum Gasteiger partial charge on any atom is 0.323 e. The average molecular weight is 464 g/mol. The molecule has 0 bridgehead atoms. The zero-order chi connectivity index (χ0) is 22.1. The normalized spacial score (nSPS) is 18.5. The standard InChI is InChI=1S/C22H29N3O4S2/c1-16-7-9-18(10-8-16)25(11-12-29-14-17-5-3-2-4-6-17)22(28)24-21-23-13-20(31-21)30-15-19(26)27/h2-6,13,16,18H,7-12,14-15H2,1H3,(H,26,27)(H,23,24,28). The minimum absolute atomic E-state index is 0.0271. The van der Waals surface area contributed by atoms with E-state index in [0.29, 0.717) is 30.8 Å². The Morgan fingerprint density at radius 1 is 1.26 bits per heavy atom. The Hall–Kier alpha value is -2.10. The van der Waals surface area contributed by atoms with Gasteiger partial charge in [-0.05, 0) is 37.2 Å². The van der Waals surface area contributed by atoms with Gasteiger partial charge in [-0.15, -0.1) is 11.8 Å². The van der Waals surface area contributed by atoms with E-state index in [-0.39, 0.29) is 17.8 Å². The summed E-state index contributed by atoms with van der Waals surface area (Å²) in [5.41, 5.74) is 1.11. The van der Waals surface area contributed by atoms with Gasteiger partial charge in [0.1, 0.15) is 0 Å². The third-order valence-corrected chi connectivity index (χ3v) is 7.40. The number of aliphatic carboxylic acids is 1. The monoisotopic (exact) mass is 463 g/mol. The van der Waals surface area contributed by atoms with Gasteiger partial charge in [-0.1, -0.05) is 48.6 Å². The van der Waals surface area contributed by atoms with E-state index < -0.39 is 5.97 Å². The van der Waals surface area contributed by atoms with Gasteiger partial charge in [0.15, 0.2) is 5.13 Å². The molecule has 2 N–H and O–H groups in total. The number of hydrogen-bond acceptors (Lipinski definition) is 6. The Bertz CT molecular complexity index is 838. The fraction of sp³-hybridized carbons (Fsp3) is 0.500. The van der Waals surface area contributed by atoms with Crippen molar-refractivity contribution in [1.82, 2.24) is 9.88 Å². The van der Waals surface area contributed by atoms with Gasteiger partial charge in [0.05, 0.1) is 29.4 Å². The molecule has 0 unspecified atom stereocenters. The Balaban J connectivity index is 1.56. The molecule has 0 saturated heterocycles. The fourth-order valence-electron chi connectivity index (χ4n) is 3.61. The summed E-state index contributed by atoms with van der Waals surface area (Å²) in [6.45, 7) is 3.76. The first-order valence-corrected chi connectivity index (χ1v) is 12.3. The average Bonchev–Trinajstić information content (AvgIpc) is 3.21. The lowest BCUT2D eigenvalue weighted by Crippen LogP contribution is -2.46. The second kappa shape index (κ2) is 12.1. The first-order chi connectivity index (χ1) is 15.0. The number of hydrogen-bond donors (Lipinski definition) is 2. The fourth-order valence-corrected chi connectivity index (χ4v) is 5.19. The SMILES string of the molecule is CC1CCC(N(CCOCc2ccccc2)C(=O)Nc2ncc(SCC(=O)O)s2)CC1. The third-order valence-electron chi connectivity index (χ3n) is 5.31. The van der Waals surface area contributed by atoms with Crippen LogP contribution in [0.5, 0.6) is 0 Å². The van der Waals surface area contributed by atoms with E-state index in [0.717, 1.165) is 35.5 Å². The van der Waals surface area contributed by atoms with Crippen molar-refractivity contribution in [2.45, 2.75) is 49.5 Å². The van der Waals surface area contributed by atoms with Crippen LogP contribution in [0.1, 0.15) is 38.2 Å². The van der Waals surface area contributed by atoms with Crippen LogP contribution in [0.4, 0.5) is 9.93 Å². The molecule has 0 atom stereocenters. The third kappa shape index (κ3) is 7.83. The molecule has 2 amide bonds. The van der Waals surface area contributed by atoms with E-state index in [2.05, 4.69) is 17.2 Å². The van der Waals surface area contributed by atoms with Crippen LogP contribution in [-0.4, -0.2) is 51.9 Å². The summed E-state index contributed by atoms with van der Waals surface area (Å²) >= 11 is 2.49. The zero-order valence-corrected chi connectivity index (χ0v) is 19.3. The van der Waals surface area contributed by atoms with E-state index in [4.69, 9.17) is 9.84 Å². The van der Waals surface area contributed by atoms with Crippen LogP contribution in [0.2, 0.25) is 0 Å². The quantitative estimate of drug-likeness (QED) is 0.383. The maximum absolute atomic E-state index is 13.1.